The fraction of sp³-hybridized carbons (Fsp3) is 0.453. The molecule has 85 heavy (non-hydrogen) atoms. The third kappa shape index (κ3) is 21.5. The van der Waals surface area contributed by atoms with Crippen molar-refractivity contribution in [3.8, 4) is 11.8 Å². The number of nitriles is 1. The van der Waals surface area contributed by atoms with E-state index < -0.39 is 21.2 Å². The number of aryl methyl sites for hydroxylation is 2. The van der Waals surface area contributed by atoms with Gasteiger partial charge in [0.15, 0.2) is 11.6 Å². The zero-order valence-electron chi connectivity index (χ0n) is 51.6. The molecule has 0 spiro atoms. The maximum absolute atomic E-state index is 12.9. The molecule has 0 bridgehead atoms. The molecule has 3 fully saturated rings. The molecule has 14 nitrogen and oxygen atoms in total. The number of alkyl halides is 2. The molecule has 0 radical (unpaired) electrons. The van der Waals surface area contributed by atoms with Crippen molar-refractivity contribution in [3.63, 3.8) is 0 Å². The van der Waals surface area contributed by atoms with Gasteiger partial charge in [0.25, 0.3) is 0 Å². The molecule has 450 valence electrons. The van der Waals surface area contributed by atoms with E-state index in [-0.39, 0.29) is 94.0 Å². The minimum absolute atomic E-state index is 0. The van der Waals surface area contributed by atoms with Crippen molar-refractivity contribution in [2.24, 2.45) is 17.8 Å². The third-order valence-electron chi connectivity index (χ3n) is 15.7. The number of piperidine rings is 3. The van der Waals surface area contributed by atoms with Crippen LogP contribution in [-0.4, -0.2) is 134 Å². The van der Waals surface area contributed by atoms with Crippen LogP contribution < -0.4 is 56.1 Å². The SMILES string of the molecule is C.CB(O)N1CCCC(C(=O)c2ccc3c(CC#N)c(C)ccc3c2)C1.CB(O)N1CCCC(C(=O)c2ccc3c(CCl)c(C)ccc3c2)C1.CON(C)C(=O)C1CCCN(B(C)O)C1.COc1ccc2cc(Br)ccc2c1CCl.[2H]CC.[C-]#N.[K+]. The number of nitrogens with zero attached hydrogens (tertiary/aromatic N) is 6. The summed E-state index contributed by atoms with van der Waals surface area (Å²) >= 11 is 15.5. The van der Waals surface area contributed by atoms with Gasteiger partial charge in [0, 0.05) is 53.8 Å². The van der Waals surface area contributed by atoms with Gasteiger partial charge in [0.2, 0.25) is 5.91 Å². The molecule has 6 aromatic rings. The summed E-state index contributed by atoms with van der Waals surface area (Å²) in [7, 11) is 3.27. The van der Waals surface area contributed by atoms with Gasteiger partial charge in [-0.25, -0.2) is 5.06 Å². The molecule has 3 heterocycles. The number of Topliss-reactive ketones (excluding diaryl/α,β-unsaturated/α-hetero) is 2. The fourth-order valence-corrected chi connectivity index (χ4v) is 12.0. The zero-order valence-corrected chi connectivity index (χ0v) is 56.9. The summed E-state index contributed by atoms with van der Waals surface area (Å²) in [5.41, 5.74) is 6.97. The number of carbonyl (C=O) groups excluding carboxylic acids is 3. The molecule has 3 aliphatic heterocycles. The quantitative estimate of drug-likeness (QED) is 0.0326. The van der Waals surface area contributed by atoms with E-state index in [4.69, 9.17) is 51.2 Å². The Bertz CT molecular complexity index is 3200. The normalized spacial score (nSPS) is 16.7. The second kappa shape index (κ2) is 39.3. The first kappa shape index (κ1) is 75.6. The van der Waals surface area contributed by atoms with Crippen LogP contribution in [0.15, 0.2) is 95.5 Å². The Labute approximate surface area is 569 Å². The van der Waals surface area contributed by atoms with E-state index in [1.54, 1.807) is 41.6 Å². The van der Waals surface area contributed by atoms with Gasteiger partial charge < -0.3 is 46.1 Å². The maximum Gasteiger partial charge on any atom is 1.00 e. The molecule has 3 unspecified atom stereocenters. The topological polar surface area (TPSA) is 191 Å². The first-order valence-corrected chi connectivity index (χ1v) is 30.1. The van der Waals surface area contributed by atoms with E-state index in [9.17, 15) is 29.5 Å². The predicted octanol–water partition coefficient (Wildman–Crippen LogP) is 10.1. The minimum Gasteiger partial charge on any atom is -0.512 e. The smallest absolute Gasteiger partial charge is 0.512 e. The van der Waals surface area contributed by atoms with E-state index in [1.807, 2.05) is 88.1 Å². The number of benzene rings is 6. The predicted molar refractivity (Wildman–Crippen MR) is 350 cm³/mol. The zero-order chi connectivity index (χ0) is 62.2. The van der Waals surface area contributed by atoms with Crippen LogP contribution in [0.5, 0.6) is 5.75 Å². The summed E-state index contributed by atoms with van der Waals surface area (Å²) in [5, 5.41) is 52.1. The molecule has 6 aromatic carbocycles. The Kier molecular flexibility index (Phi) is 35.0. The van der Waals surface area contributed by atoms with Crippen LogP contribution in [-0.2, 0) is 27.8 Å². The molecule has 0 aliphatic carbocycles. The number of fused-ring (bicyclic) bond motifs is 3. The van der Waals surface area contributed by atoms with E-state index in [2.05, 4.69) is 53.2 Å². The monoisotopic (exact) mass is 1290 g/mol. The van der Waals surface area contributed by atoms with Crippen molar-refractivity contribution in [2.75, 3.05) is 60.5 Å². The first-order valence-electron chi connectivity index (χ1n) is 28.9. The van der Waals surface area contributed by atoms with Crippen molar-refractivity contribution in [2.45, 2.75) is 112 Å². The second-order valence-electron chi connectivity index (χ2n) is 21.0. The number of ketones is 2. The van der Waals surface area contributed by atoms with Crippen molar-refractivity contribution in [3.05, 3.63) is 141 Å². The van der Waals surface area contributed by atoms with Crippen LogP contribution in [0.2, 0.25) is 20.5 Å². The van der Waals surface area contributed by atoms with E-state index in [1.165, 1.54) is 23.1 Å². The van der Waals surface area contributed by atoms with Crippen molar-refractivity contribution in [1.82, 2.24) is 19.5 Å². The van der Waals surface area contributed by atoms with E-state index in [0.717, 1.165) is 129 Å². The third-order valence-corrected chi connectivity index (χ3v) is 16.7. The number of hydrogen-bond acceptors (Lipinski definition) is 13. The Morgan fingerprint density at radius 2 is 1.07 bits per heavy atom. The largest absolute Gasteiger partial charge is 1.00 e. The summed E-state index contributed by atoms with van der Waals surface area (Å²) in [6.45, 7) is 20.8. The van der Waals surface area contributed by atoms with Gasteiger partial charge in [-0.05, 0) is 190 Å². The minimum atomic E-state index is -0.510. The van der Waals surface area contributed by atoms with Gasteiger partial charge >= 0.3 is 72.5 Å². The molecular weight excluding hydrogens is 1200 g/mol. The molecule has 3 N–H and O–H groups in total. The molecule has 3 atom stereocenters. The number of amides is 1. The summed E-state index contributed by atoms with van der Waals surface area (Å²) in [5.74, 6) is 1.93. The number of hydrogen-bond donors (Lipinski definition) is 3. The second-order valence-corrected chi connectivity index (χ2v) is 22.4. The van der Waals surface area contributed by atoms with Gasteiger partial charge in [-0.3, -0.25) is 19.2 Å². The number of halogens is 3. The van der Waals surface area contributed by atoms with Crippen LogP contribution in [0.3, 0.4) is 0 Å². The average Bonchev–Trinajstić information content (AvgIpc) is 1.45. The van der Waals surface area contributed by atoms with Crippen molar-refractivity contribution in [1.29, 1.82) is 10.5 Å². The summed E-state index contributed by atoms with van der Waals surface area (Å²) < 4.78 is 12.6. The maximum atomic E-state index is 12.9. The number of methoxy groups -OCH3 is 1. The molecular formula is C64H85B3BrCl2KN6O8. The number of ether oxygens (including phenoxy) is 1. The number of carbonyl (C=O) groups is 3. The Hall–Kier alpha value is -3.70. The van der Waals surface area contributed by atoms with Crippen molar-refractivity contribution >= 4 is 110 Å². The van der Waals surface area contributed by atoms with Crippen LogP contribution >= 0.6 is 39.1 Å². The molecule has 9 rings (SSSR count). The van der Waals surface area contributed by atoms with E-state index in [0.29, 0.717) is 44.7 Å². The molecule has 0 saturated carbocycles. The van der Waals surface area contributed by atoms with Crippen LogP contribution in [0.1, 0.15) is 110 Å². The van der Waals surface area contributed by atoms with Gasteiger partial charge in [0.05, 0.1) is 38.5 Å². The fourth-order valence-electron chi connectivity index (χ4n) is 11.0. The molecule has 3 saturated heterocycles. The Morgan fingerprint density at radius 1 is 0.682 bits per heavy atom. The molecule has 0 aromatic heterocycles. The molecule has 21 heteroatoms. The van der Waals surface area contributed by atoms with Crippen LogP contribution in [0, 0.1) is 54.8 Å². The Morgan fingerprint density at radius 3 is 1.49 bits per heavy atom. The van der Waals surface area contributed by atoms with Gasteiger partial charge in [-0.15, -0.1) is 23.2 Å². The summed E-state index contributed by atoms with van der Waals surface area (Å²) in [6, 6.07) is 32.2. The summed E-state index contributed by atoms with van der Waals surface area (Å²) in [6.07, 6.45) is 5.83. The Balaban J connectivity index is 0.000000387. The summed E-state index contributed by atoms with van der Waals surface area (Å²) in [4.78, 5) is 48.3. The van der Waals surface area contributed by atoms with E-state index >= 15 is 0 Å². The first-order chi connectivity index (χ1) is 40.2. The van der Waals surface area contributed by atoms with Gasteiger partial charge in [-0.1, -0.05) is 97.8 Å². The van der Waals surface area contributed by atoms with Gasteiger partial charge in [0.1, 0.15) is 5.75 Å². The van der Waals surface area contributed by atoms with Crippen molar-refractivity contribution < 1.29 is 91.8 Å². The van der Waals surface area contributed by atoms with Gasteiger partial charge in [-0.2, -0.15) is 5.26 Å². The van der Waals surface area contributed by atoms with Crippen LogP contribution in [0.4, 0.5) is 0 Å². The molecule has 3 aliphatic rings. The standard InChI is InChI=1S/C20H23BN2O2.C19H23BClNO2.C12H10BrClO.C9H19BN2O3.C2H6.CN.CH4.K/c1-14-5-6-15-12-16(7-8-19(15)18(14)9-10-22)20(24)17-4-3-11-23(13-17)21(2)25;1-13-5-6-14-10-15(7-8-17(14)18(13)11-21)19(23)16-4-3-9-22(12-16)20(2)24;1-15-12-5-2-8-6-9(13)3-4-10(8)11(12)7-14;1-10(14)12-6-4-5-8(7-12)9(13)11(2)15-3;2*1-2;;/h5-8,12,17,25H,3-4,9,11,13H2,1-2H3;5-8,10,16,24H,3-4,9,11-12H2,1-2H3;2-6H,7H2,1H3;8,14H,4-7H2,1-3H3;1-2H3;;1H4;/q;;;;;-1;;+1/i;;;;1D;;;. The number of rotatable bonds is 13. The number of hydroxylamine groups is 2. The van der Waals surface area contributed by atoms with Crippen LogP contribution in [0.25, 0.3) is 32.3 Å². The molecule has 1 amide bonds. The average molecular weight is 1290 g/mol.